The Labute approximate surface area is 719 Å². The molecule has 0 amide bonds. The average Bonchev–Trinajstić information content (AvgIpc) is 1.24. The molecule has 0 radical (unpaired) electrons. The lowest BCUT2D eigenvalue weighted by atomic mass is 9.46. The quantitative estimate of drug-likeness (QED) is 0.0205. The number of halogens is 3. The summed E-state index contributed by atoms with van der Waals surface area (Å²) >= 11 is 0. The maximum absolute atomic E-state index is 13.3. The highest BCUT2D eigenvalue weighted by Gasteiger charge is 2.65. The van der Waals surface area contributed by atoms with Crippen LogP contribution in [-0.4, -0.2) is 82.8 Å². The lowest BCUT2D eigenvalue weighted by molar-refractivity contribution is -0.239. The van der Waals surface area contributed by atoms with E-state index in [-0.39, 0.29) is 80.2 Å². The number of carbonyl (C=O) groups is 5. The molecule has 8 saturated carbocycles. The topological polar surface area (TPSA) is 248 Å². The lowest BCUT2D eigenvalue weighted by Gasteiger charge is -2.61. The minimum absolute atomic E-state index is 0.00100. The van der Waals surface area contributed by atoms with E-state index in [0.29, 0.717) is 56.0 Å². The van der Waals surface area contributed by atoms with Gasteiger partial charge < -0.3 is 42.5 Å². The zero-order valence-corrected chi connectivity index (χ0v) is 77.6. The predicted molar refractivity (Wildman–Crippen MR) is 472 cm³/mol. The van der Waals surface area contributed by atoms with E-state index in [9.17, 15) is 60.0 Å². The van der Waals surface area contributed by atoms with Gasteiger partial charge in [0.2, 0.25) is 6.10 Å². The van der Waals surface area contributed by atoms with Crippen molar-refractivity contribution in [1.29, 1.82) is 0 Å². The van der Waals surface area contributed by atoms with Crippen molar-refractivity contribution in [2.75, 3.05) is 5.75 Å². The minimum atomic E-state index is -5.27. The fourth-order valence-corrected chi connectivity index (χ4v) is 20.8. The highest BCUT2D eigenvalue weighted by molar-refractivity contribution is 7.85. The Balaban J connectivity index is 0.000000184. The van der Waals surface area contributed by atoms with E-state index in [1.165, 1.54) is 81.6 Å². The summed E-state index contributed by atoms with van der Waals surface area (Å²) in [6.45, 7) is 44.9. The molecule has 7 aromatic rings. The van der Waals surface area contributed by atoms with Gasteiger partial charge in [-0.05, 0) is 332 Å². The molecule has 0 aliphatic heterocycles. The van der Waals surface area contributed by atoms with Crippen molar-refractivity contribution in [1.82, 2.24) is 0 Å². The summed E-state index contributed by atoms with van der Waals surface area (Å²) in [5.74, 6) is 1.72. The first kappa shape index (κ1) is 98.4. The molecule has 2 heterocycles. The number of rotatable bonds is 23. The van der Waals surface area contributed by atoms with Crippen molar-refractivity contribution >= 4 is 70.6 Å². The maximum atomic E-state index is 13.3. The summed E-state index contributed by atoms with van der Waals surface area (Å²) < 4.78 is 113. The molecular weight excluding hydrogens is 1580 g/mol. The summed E-state index contributed by atoms with van der Waals surface area (Å²) in [4.78, 5) is 74.5. The zero-order chi connectivity index (χ0) is 90.2. The van der Waals surface area contributed by atoms with Crippen molar-refractivity contribution in [2.45, 2.75) is 310 Å². The van der Waals surface area contributed by atoms with E-state index in [2.05, 4.69) is 163 Å². The normalized spacial score (nSPS) is 22.1. The van der Waals surface area contributed by atoms with Gasteiger partial charge in [-0.1, -0.05) is 103 Å². The molecule has 15 rings (SSSR count). The second-order valence-corrected chi connectivity index (χ2v) is 42.4. The molecule has 17 nitrogen and oxygen atoms in total. The van der Waals surface area contributed by atoms with Crippen LogP contribution in [0.5, 0.6) is 23.0 Å². The molecule has 8 bridgehead atoms. The van der Waals surface area contributed by atoms with Crippen LogP contribution in [0.15, 0.2) is 131 Å². The zero-order valence-electron chi connectivity index (χ0n) is 76.0. The van der Waals surface area contributed by atoms with Gasteiger partial charge in [0.15, 0.2) is 14.3 Å². The first-order valence-electron chi connectivity index (χ1n) is 43.5. The Morgan fingerprint density at radius 1 is 0.562 bits per heavy atom. The molecule has 0 saturated heterocycles. The number of alkyl halides is 3. The van der Waals surface area contributed by atoms with Crippen molar-refractivity contribution in [3.8, 4) is 27.9 Å². The van der Waals surface area contributed by atoms with E-state index in [1.807, 2.05) is 62.3 Å². The number of ether oxygens (including phenoxy) is 6. The standard InChI is InChI=1S/C20H29F3O7S.C19H32O2.C18H13S.C15H22O3.C15H24O.C12H16O4/c1-4-17(2,3)15(24)30-19-8-12-5-13(9-19)7-18(6-12,11-19)16(25)29-14(20(21,22)23)10-31(26,27)28;1-6-17(2,3)16(20)21-18(4,5)19-10-13-7-14(11-19)9-15(8-13)12-19;1-2-8-14(9-3-1)19-17-12-6-4-10-15(17)16-11-5-7-13-18(16)19;1-7-15(5,6)14(17)18-12-8-9(2)13(16)11(4)10(12)3;1-6-12(3)13-8-10-14(11-9-13)16-15(4,5)7-2;1-5-12(3,4)11(14)16-9-6-8(2)15-10(13)7-9/h12-14H,4-11H2,1-3H3,(H,26,27,28);13-15H,6-12H2,1-5H3;1-13H;8,16H,7H2,1-6H3;8-12H,6-7H2,1-5H3;6-7H,5H2,1-4H3/q;;+1;;;/p-1. The Morgan fingerprint density at radius 3 is 1.49 bits per heavy atom. The molecule has 121 heavy (non-hydrogen) atoms. The molecule has 22 heteroatoms. The van der Waals surface area contributed by atoms with Crippen LogP contribution >= 0.6 is 10.5 Å². The van der Waals surface area contributed by atoms with Crippen LogP contribution in [0.25, 0.3) is 25.1 Å². The molecule has 2 aromatic heterocycles. The highest BCUT2D eigenvalue weighted by atomic mass is 32.2. The van der Waals surface area contributed by atoms with Gasteiger partial charge in [-0.15, -0.1) is 0 Å². The monoisotopic (exact) mass is 1720 g/mol. The Bertz CT molecular complexity index is 4830. The summed E-state index contributed by atoms with van der Waals surface area (Å²) in [5, 5.41) is 12.6. The summed E-state index contributed by atoms with van der Waals surface area (Å²) in [5.41, 5.74) is -1.34. The van der Waals surface area contributed by atoms with Gasteiger partial charge in [-0.3, -0.25) is 24.0 Å². The second-order valence-electron chi connectivity index (χ2n) is 39.0. The molecule has 4 unspecified atom stereocenters. The van der Waals surface area contributed by atoms with Crippen molar-refractivity contribution in [2.24, 2.45) is 62.1 Å². The third-order valence-corrected chi connectivity index (χ3v) is 30.3. The summed E-state index contributed by atoms with van der Waals surface area (Å²) in [7, 11) is -5.21. The van der Waals surface area contributed by atoms with Crippen LogP contribution in [0.1, 0.15) is 281 Å². The smallest absolute Gasteiger partial charge is 0.426 e. The number of carbonyl (C=O) groups excluding carboxylic acids is 5. The highest BCUT2D eigenvalue weighted by Crippen LogP contribution is 2.66. The third kappa shape index (κ3) is 24.5. The Morgan fingerprint density at radius 2 is 1.02 bits per heavy atom. The first-order chi connectivity index (χ1) is 56.1. The fraction of sp³-hybridized carbons (Fsp3) is 0.596. The van der Waals surface area contributed by atoms with Crippen LogP contribution in [-0.2, 0) is 48.3 Å². The van der Waals surface area contributed by atoms with Gasteiger partial charge >= 0.3 is 41.6 Å². The molecule has 8 aliphatic carbocycles. The van der Waals surface area contributed by atoms with Crippen LogP contribution in [0.4, 0.5) is 13.2 Å². The van der Waals surface area contributed by atoms with Gasteiger partial charge in [-0.2, -0.15) is 13.2 Å². The van der Waals surface area contributed by atoms with Crippen molar-refractivity contribution in [3.05, 3.63) is 160 Å². The van der Waals surface area contributed by atoms with Crippen LogP contribution < -0.4 is 19.8 Å². The molecular formula is C99H135F3O17S2. The number of thiophene rings is 1. The van der Waals surface area contributed by atoms with Gasteiger partial charge in [0.05, 0.1) is 49.0 Å². The maximum Gasteiger partial charge on any atom is 0.426 e. The molecule has 5 aromatic carbocycles. The van der Waals surface area contributed by atoms with E-state index >= 15 is 0 Å². The van der Waals surface area contributed by atoms with Gasteiger partial charge in [-0.25, -0.2) is 13.2 Å². The van der Waals surface area contributed by atoms with Gasteiger partial charge in [0.1, 0.15) is 45.6 Å². The first-order valence-corrected chi connectivity index (χ1v) is 46.3. The number of aryl methyl sites for hydroxylation is 2. The second kappa shape index (κ2) is 39.0. The van der Waals surface area contributed by atoms with Crippen LogP contribution in [0.3, 0.4) is 0 Å². The third-order valence-electron chi connectivity index (χ3n) is 27.2. The average molecular weight is 1720 g/mol. The number of phenolic OH excluding ortho intramolecular Hbond substituents is 1. The Kier molecular flexibility index (Phi) is 31.7. The SMILES string of the molecule is CCC(C)(C)C(=O)OC(C)(C)C12CC3CC(CC(C3)C1)C2.CCC(C)(C)C(=O)OC12CC3CC(C1)CC(C(=O)OC(CS(=O)(=O)[O-])C(F)(F)F)(C3)C2.CCC(C)(C)C(=O)Oc1cc(C)c(O)c(C)c1C.CCC(C)(C)C(=O)Oc1cc(C)oc(=O)c1.CCC(C)c1ccc(OC(C)(C)CC)cc1.c1ccc(-[s+]2c3ccccc3c3ccccc32)cc1. The van der Waals surface area contributed by atoms with Crippen molar-refractivity contribution in [3.63, 3.8) is 0 Å². The molecule has 666 valence electrons. The van der Waals surface area contributed by atoms with Gasteiger partial charge in [0, 0.05) is 39.1 Å². The predicted octanol–water partition coefficient (Wildman–Crippen LogP) is 24.7. The van der Waals surface area contributed by atoms with E-state index in [4.69, 9.17) is 28.1 Å². The number of benzene rings is 5. The summed E-state index contributed by atoms with van der Waals surface area (Å²) in [6.07, 6.45) is 7.44. The van der Waals surface area contributed by atoms with Gasteiger partial charge in [0.25, 0.3) is 0 Å². The Hall–Kier alpha value is -8.08. The number of fused-ring (bicyclic) bond motifs is 3. The van der Waals surface area contributed by atoms with Crippen LogP contribution in [0.2, 0.25) is 0 Å². The lowest BCUT2D eigenvalue weighted by Crippen LogP contribution is -2.61. The molecule has 0 spiro atoms. The molecule has 1 N–H and O–H groups in total. The number of phenols is 1. The minimum Gasteiger partial charge on any atom is -0.748 e. The molecule has 8 aliphatic rings. The number of hydrogen-bond donors (Lipinski definition) is 1. The van der Waals surface area contributed by atoms with Crippen molar-refractivity contribution < 1.29 is 88.1 Å². The largest absolute Gasteiger partial charge is 0.748 e. The summed E-state index contributed by atoms with van der Waals surface area (Å²) in [6, 6.07) is 41.3. The number of esters is 5. The number of hydrogen-bond acceptors (Lipinski definition) is 17. The van der Waals surface area contributed by atoms with E-state index in [1.54, 1.807) is 47.6 Å². The van der Waals surface area contributed by atoms with E-state index in [0.717, 1.165) is 71.9 Å². The molecule has 4 atom stereocenters. The molecule has 8 fully saturated rings. The van der Waals surface area contributed by atoms with Crippen LogP contribution in [0, 0.1) is 89.8 Å². The fourth-order valence-electron chi connectivity index (χ4n) is 17.8. The number of aromatic hydroxyl groups is 1. The van der Waals surface area contributed by atoms with E-state index < -0.39 is 73.0 Å².